The van der Waals surface area contributed by atoms with Crippen LogP contribution in [0, 0.1) is 6.92 Å². The lowest BCUT2D eigenvalue weighted by atomic mass is 10.2. The summed E-state index contributed by atoms with van der Waals surface area (Å²) in [6.45, 7) is 3.91. The maximum Gasteiger partial charge on any atom is 0.214 e. The van der Waals surface area contributed by atoms with E-state index in [0.29, 0.717) is 25.4 Å². The van der Waals surface area contributed by atoms with Crippen LogP contribution >= 0.6 is 0 Å². The van der Waals surface area contributed by atoms with E-state index in [4.69, 9.17) is 0 Å². The molecule has 1 heterocycles. The number of nitrogens with one attached hydrogen (secondary N) is 1. The normalized spacial score (nSPS) is 19.4. The predicted octanol–water partition coefficient (Wildman–Crippen LogP) is 1.44. The van der Waals surface area contributed by atoms with Gasteiger partial charge in [-0.25, -0.2) is 12.7 Å². The molecule has 0 aliphatic carbocycles. The molecule has 0 unspecified atom stereocenters. The van der Waals surface area contributed by atoms with Crippen LogP contribution in [0.1, 0.15) is 12.0 Å². The summed E-state index contributed by atoms with van der Waals surface area (Å²) in [5.41, 5.74) is 2.25. The Bertz CT molecular complexity index is 485. The minimum Gasteiger partial charge on any atom is -0.384 e. The first-order valence-electron chi connectivity index (χ1n) is 5.87. The summed E-state index contributed by atoms with van der Waals surface area (Å²) in [6.07, 6.45) is 0.757. The van der Waals surface area contributed by atoms with E-state index in [2.05, 4.69) is 5.32 Å². The minimum absolute atomic E-state index is 0.303. The Hall–Kier alpha value is -1.07. The summed E-state index contributed by atoms with van der Waals surface area (Å²) < 4.78 is 24.7. The van der Waals surface area contributed by atoms with E-state index < -0.39 is 10.0 Å². The van der Waals surface area contributed by atoms with Gasteiger partial charge in [-0.05, 0) is 25.0 Å². The van der Waals surface area contributed by atoms with Crippen molar-refractivity contribution in [2.75, 3.05) is 30.7 Å². The van der Waals surface area contributed by atoms with Gasteiger partial charge in [0.25, 0.3) is 0 Å². The number of benzene rings is 1. The van der Waals surface area contributed by atoms with Crippen molar-refractivity contribution < 1.29 is 8.42 Å². The molecule has 1 aromatic rings. The number of para-hydroxylation sites is 1. The molecule has 5 heteroatoms. The van der Waals surface area contributed by atoms with Crippen molar-refractivity contribution in [2.24, 2.45) is 0 Å². The topological polar surface area (TPSA) is 49.4 Å². The lowest BCUT2D eigenvalue weighted by Gasteiger charge is -2.15. The standard InChI is InChI=1S/C12H18N2O2S/c1-11-5-2-3-6-12(11)13-7-9-14-8-4-10-17(14,15)16/h2-3,5-6,13H,4,7-10H2,1H3. The van der Waals surface area contributed by atoms with Gasteiger partial charge in [0, 0.05) is 25.3 Å². The number of sulfonamides is 1. The average molecular weight is 254 g/mol. The molecule has 17 heavy (non-hydrogen) atoms. The molecule has 0 saturated carbocycles. The number of anilines is 1. The van der Waals surface area contributed by atoms with Crippen LogP contribution in [0.5, 0.6) is 0 Å². The van der Waals surface area contributed by atoms with Crippen molar-refractivity contribution in [1.29, 1.82) is 0 Å². The van der Waals surface area contributed by atoms with E-state index in [1.54, 1.807) is 4.31 Å². The zero-order chi connectivity index (χ0) is 12.3. The lowest BCUT2D eigenvalue weighted by Crippen LogP contribution is -2.30. The third kappa shape index (κ3) is 2.98. The second-order valence-electron chi connectivity index (χ2n) is 4.31. The fourth-order valence-corrected chi connectivity index (χ4v) is 3.56. The molecule has 1 aliphatic heterocycles. The highest BCUT2D eigenvalue weighted by Crippen LogP contribution is 2.15. The largest absolute Gasteiger partial charge is 0.384 e. The molecule has 0 atom stereocenters. The van der Waals surface area contributed by atoms with Crippen molar-refractivity contribution in [3.05, 3.63) is 29.8 Å². The number of nitrogens with zero attached hydrogens (tertiary/aromatic N) is 1. The van der Waals surface area contributed by atoms with E-state index in [1.165, 1.54) is 5.56 Å². The Balaban J connectivity index is 1.86. The maximum atomic E-state index is 11.6. The molecule has 0 amide bonds. The van der Waals surface area contributed by atoms with E-state index in [9.17, 15) is 8.42 Å². The fraction of sp³-hybridized carbons (Fsp3) is 0.500. The second kappa shape index (κ2) is 5.06. The van der Waals surface area contributed by atoms with E-state index in [0.717, 1.165) is 12.1 Å². The zero-order valence-electron chi connectivity index (χ0n) is 10.0. The molecule has 4 nitrogen and oxygen atoms in total. The number of hydrogen-bond donors (Lipinski definition) is 1. The highest BCUT2D eigenvalue weighted by molar-refractivity contribution is 7.89. The van der Waals surface area contributed by atoms with E-state index in [1.807, 2.05) is 31.2 Å². The average Bonchev–Trinajstić information content (AvgIpc) is 2.61. The Labute approximate surface area is 103 Å². The first-order chi connectivity index (χ1) is 8.09. The summed E-state index contributed by atoms with van der Waals surface area (Å²) in [6, 6.07) is 8.01. The molecular formula is C12H18N2O2S. The quantitative estimate of drug-likeness (QED) is 0.884. The van der Waals surface area contributed by atoms with Crippen molar-refractivity contribution in [3.63, 3.8) is 0 Å². The van der Waals surface area contributed by atoms with Crippen LogP contribution in [0.2, 0.25) is 0 Å². The number of rotatable bonds is 4. The molecule has 0 bridgehead atoms. The van der Waals surface area contributed by atoms with Crippen LogP contribution in [-0.4, -0.2) is 38.1 Å². The van der Waals surface area contributed by atoms with Crippen LogP contribution < -0.4 is 5.32 Å². The number of hydrogen-bond acceptors (Lipinski definition) is 3. The van der Waals surface area contributed by atoms with Gasteiger partial charge < -0.3 is 5.32 Å². The highest BCUT2D eigenvalue weighted by atomic mass is 32.2. The van der Waals surface area contributed by atoms with Crippen molar-refractivity contribution >= 4 is 15.7 Å². The Kier molecular flexibility index (Phi) is 3.69. The SMILES string of the molecule is Cc1ccccc1NCCN1CCCS1(=O)=O. The molecule has 0 spiro atoms. The Morgan fingerprint density at radius 1 is 1.35 bits per heavy atom. The molecular weight excluding hydrogens is 236 g/mol. The lowest BCUT2D eigenvalue weighted by molar-refractivity contribution is 0.456. The van der Waals surface area contributed by atoms with Gasteiger partial charge >= 0.3 is 0 Å². The third-order valence-electron chi connectivity index (χ3n) is 3.02. The molecule has 2 rings (SSSR count). The zero-order valence-corrected chi connectivity index (χ0v) is 10.8. The summed E-state index contributed by atoms with van der Waals surface area (Å²) in [4.78, 5) is 0. The van der Waals surface area contributed by atoms with E-state index >= 15 is 0 Å². The van der Waals surface area contributed by atoms with E-state index in [-0.39, 0.29) is 0 Å². The van der Waals surface area contributed by atoms with Gasteiger partial charge in [-0.2, -0.15) is 0 Å². The number of aryl methyl sites for hydroxylation is 1. The van der Waals surface area contributed by atoms with Gasteiger partial charge in [-0.1, -0.05) is 18.2 Å². The van der Waals surface area contributed by atoms with Crippen LogP contribution in [0.4, 0.5) is 5.69 Å². The Morgan fingerprint density at radius 2 is 2.12 bits per heavy atom. The predicted molar refractivity (Wildman–Crippen MR) is 69.6 cm³/mol. The second-order valence-corrected chi connectivity index (χ2v) is 6.40. The van der Waals surface area contributed by atoms with Gasteiger partial charge in [0.1, 0.15) is 0 Å². The minimum atomic E-state index is -2.96. The van der Waals surface area contributed by atoms with Crippen molar-refractivity contribution in [1.82, 2.24) is 4.31 Å². The molecule has 1 fully saturated rings. The summed E-state index contributed by atoms with van der Waals surface area (Å²) >= 11 is 0. The van der Waals surface area contributed by atoms with Crippen LogP contribution in [-0.2, 0) is 10.0 Å². The molecule has 1 aromatic carbocycles. The monoisotopic (exact) mass is 254 g/mol. The fourth-order valence-electron chi connectivity index (χ4n) is 2.03. The van der Waals surface area contributed by atoms with Crippen LogP contribution in [0.15, 0.2) is 24.3 Å². The first-order valence-corrected chi connectivity index (χ1v) is 7.48. The maximum absolute atomic E-state index is 11.6. The van der Waals surface area contributed by atoms with Crippen LogP contribution in [0.25, 0.3) is 0 Å². The Morgan fingerprint density at radius 3 is 2.76 bits per heavy atom. The van der Waals surface area contributed by atoms with Gasteiger partial charge in [0.05, 0.1) is 5.75 Å². The van der Waals surface area contributed by atoms with Crippen molar-refractivity contribution in [3.8, 4) is 0 Å². The first kappa shape index (κ1) is 12.4. The smallest absolute Gasteiger partial charge is 0.214 e. The molecule has 1 N–H and O–H groups in total. The van der Waals surface area contributed by atoms with Crippen molar-refractivity contribution in [2.45, 2.75) is 13.3 Å². The third-order valence-corrected chi connectivity index (χ3v) is 4.98. The molecule has 94 valence electrons. The van der Waals surface area contributed by atoms with Gasteiger partial charge in [-0.15, -0.1) is 0 Å². The molecule has 0 aromatic heterocycles. The summed E-state index contributed by atoms with van der Waals surface area (Å²) in [5, 5.41) is 3.27. The molecule has 0 radical (unpaired) electrons. The highest BCUT2D eigenvalue weighted by Gasteiger charge is 2.27. The summed E-state index contributed by atoms with van der Waals surface area (Å²) in [5.74, 6) is 0.303. The van der Waals surface area contributed by atoms with Gasteiger partial charge in [0.2, 0.25) is 10.0 Å². The molecule has 1 saturated heterocycles. The van der Waals surface area contributed by atoms with Gasteiger partial charge in [-0.3, -0.25) is 0 Å². The van der Waals surface area contributed by atoms with Gasteiger partial charge in [0.15, 0.2) is 0 Å². The molecule has 1 aliphatic rings. The van der Waals surface area contributed by atoms with Crippen LogP contribution in [0.3, 0.4) is 0 Å². The summed E-state index contributed by atoms with van der Waals surface area (Å²) in [7, 11) is -2.96.